The molecule has 2 aliphatic rings. The van der Waals surface area contributed by atoms with Crippen molar-refractivity contribution >= 4 is 22.6 Å². The van der Waals surface area contributed by atoms with Crippen LogP contribution in [0.3, 0.4) is 0 Å². The molecule has 0 spiro atoms. The van der Waals surface area contributed by atoms with Crippen LogP contribution in [0.25, 0.3) is 11.0 Å². The molecule has 19 heavy (non-hydrogen) atoms. The van der Waals surface area contributed by atoms with Gasteiger partial charge < -0.3 is 9.52 Å². The van der Waals surface area contributed by atoms with Gasteiger partial charge in [-0.2, -0.15) is 0 Å². The van der Waals surface area contributed by atoms with E-state index >= 15 is 0 Å². The van der Waals surface area contributed by atoms with Crippen LogP contribution < -0.4 is 0 Å². The zero-order chi connectivity index (χ0) is 13.0. The minimum absolute atomic E-state index is 0.212. The monoisotopic (exact) mass is 277 g/mol. The highest BCUT2D eigenvalue weighted by Gasteiger charge is 2.51. The Balaban J connectivity index is 1.81. The van der Waals surface area contributed by atoms with Gasteiger partial charge in [-0.25, -0.2) is 0 Å². The fraction of sp³-hybridized carbons (Fsp3) is 0.467. The van der Waals surface area contributed by atoms with Crippen LogP contribution in [0.5, 0.6) is 0 Å². The fourth-order valence-corrected chi connectivity index (χ4v) is 3.81. The molecule has 4 rings (SSSR count). The van der Waals surface area contributed by atoms with E-state index in [4.69, 9.17) is 16.0 Å². The third-order valence-electron chi connectivity index (χ3n) is 4.60. The molecule has 2 saturated heterocycles. The number of hydrogen-bond acceptors (Lipinski definition) is 3. The van der Waals surface area contributed by atoms with E-state index in [0.29, 0.717) is 10.8 Å². The van der Waals surface area contributed by atoms with Gasteiger partial charge in [-0.15, -0.1) is 0 Å². The van der Waals surface area contributed by atoms with Crippen LogP contribution in [0.15, 0.2) is 28.7 Å². The molecule has 1 aromatic heterocycles. The van der Waals surface area contributed by atoms with Gasteiger partial charge in [0.1, 0.15) is 16.9 Å². The van der Waals surface area contributed by atoms with Crippen LogP contribution >= 0.6 is 11.6 Å². The molecule has 3 nitrogen and oxygen atoms in total. The number of halogens is 1. The molecule has 0 amide bonds. The first-order valence-corrected chi connectivity index (χ1v) is 7.21. The summed E-state index contributed by atoms with van der Waals surface area (Å²) in [7, 11) is 0. The summed E-state index contributed by atoms with van der Waals surface area (Å²) in [6.45, 7) is 2.05. The van der Waals surface area contributed by atoms with Crippen LogP contribution in [0.1, 0.15) is 25.0 Å². The number of benzene rings is 1. The normalized spacial score (nSPS) is 31.2. The summed E-state index contributed by atoms with van der Waals surface area (Å²) in [5, 5.41) is 12.7. The molecule has 0 bridgehead atoms. The van der Waals surface area contributed by atoms with Crippen molar-refractivity contribution in [2.75, 3.05) is 13.1 Å². The van der Waals surface area contributed by atoms with Crippen LogP contribution in [0.2, 0.25) is 5.02 Å². The third-order valence-corrected chi connectivity index (χ3v) is 4.84. The second kappa shape index (κ2) is 3.98. The van der Waals surface area contributed by atoms with Crippen molar-refractivity contribution in [3.8, 4) is 0 Å². The molecule has 2 unspecified atom stereocenters. The van der Waals surface area contributed by atoms with E-state index in [1.807, 2.05) is 24.3 Å². The van der Waals surface area contributed by atoms with E-state index in [1.165, 1.54) is 6.42 Å². The quantitative estimate of drug-likeness (QED) is 0.870. The SMILES string of the molecule is OC1(c2cc3cc(Cl)ccc3o2)CCN2CCCC21. The first-order chi connectivity index (χ1) is 9.17. The van der Waals surface area contributed by atoms with Gasteiger partial charge in [-0.1, -0.05) is 11.6 Å². The second-order valence-corrected chi connectivity index (χ2v) is 6.10. The summed E-state index contributed by atoms with van der Waals surface area (Å²) >= 11 is 6.00. The van der Waals surface area contributed by atoms with Gasteiger partial charge in [-0.3, -0.25) is 4.90 Å². The molecule has 3 heterocycles. The van der Waals surface area contributed by atoms with Crippen molar-refractivity contribution in [2.24, 2.45) is 0 Å². The summed E-state index contributed by atoms with van der Waals surface area (Å²) < 4.78 is 5.88. The van der Waals surface area contributed by atoms with Gasteiger partial charge in [0.2, 0.25) is 0 Å². The zero-order valence-electron chi connectivity index (χ0n) is 10.6. The van der Waals surface area contributed by atoms with E-state index < -0.39 is 5.60 Å². The maximum Gasteiger partial charge on any atom is 0.139 e. The maximum absolute atomic E-state index is 11.0. The summed E-state index contributed by atoms with van der Waals surface area (Å²) in [6, 6.07) is 7.73. The predicted molar refractivity (Wildman–Crippen MR) is 74.3 cm³/mol. The van der Waals surface area contributed by atoms with E-state index in [1.54, 1.807) is 0 Å². The van der Waals surface area contributed by atoms with E-state index in [9.17, 15) is 5.11 Å². The lowest BCUT2D eigenvalue weighted by Gasteiger charge is -2.27. The molecular weight excluding hydrogens is 262 g/mol. The Labute approximate surface area is 116 Å². The van der Waals surface area contributed by atoms with Crippen molar-refractivity contribution in [1.82, 2.24) is 4.90 Å². The summed E-state index contributed by atoms with van der Waals surface area (Å²) in [6.07, 6.45) is 2.97. The molecule has 0 radical (unpaired) electrons. The molecule has 2 aliphatic heterocycles. The number of hydrogen-bond donors (Lipinski definition) is 1. The lowest BCUT2D eigenvalue weighted by atomic mass is 9.90. The minimum atomic E-state index is -0.831. The van der Waals surface area contributed by atoms with Crippen molar-refractivity contribution in [3.63, 3.8) is 0 Å². The minimum Gasteiger partial charge on any atom is -0.458 e. The van der Waals surface area contributed by atoms with Crippen LogP contribution in [0, 0.1) is 0 Å². The molecule has 4 heteroatoms. The number of furan rings is 1. The van der Waals surface area contributed by atoms with Crippen molar-refractivity contribution in [1.29, 1.82) is 0 Å². The summed E-state index contributed by atoms with van der Waals surface area (Å²) in [5.41, 5.74) is -0.0357. The van der Waals surface area contributed by atoms with E-state index in [2.05, 4.69) is 4.90 Å². The van der Waals surface area contributed by atoms with E-state index in [0.717, 1.165) is 36.9 Å². The van der Waals surface area contributed by atoms with Crippen molar-refractivity contribution in [2.45, 2.75) is 30.9 Å². The first-order valence-electron chi connectivity index (χ1n) is 6.83. The Kier molecular flexibility index (Phi) is 2.47. The van der Waals surface area contributed by atoms with Gasteiger partial charge in [0.15, 0.2) is 0 Å². The largest absolute Gasteiger partial charge is 0.458 e. The molecule has 100 valence electrons. The second-order valence-electron chi connectivity index (χ2n) is 5.66. The first kappa shape index (κ1) is 11.8. The Morgan fingerprint density at radius 1 is 1.32 bits per heavy atom. The lowest BCUT2D eigenvalue weighted by Crippen LogP contribution is -2.38. The number of nitrogens with zero attached hydrogens (tertiary/aromatic N) is 1. The van der Waals surface area contributed by atoms with Gasteiger partial charge in [0, 0.05) is 23.0 Å². The fourth-order valence-electron chi connectivity index (χ4n) is 3.63. The van der Waals surface area contributed by atoms with Gasteiger partial charge in [0.25, 0.3) is 0 Å². The predicted octanol–water partition coefficient (Wildman–Crippen LogP) is 3.14. The average Bonchev–Trinajstić information content (AvgIpc) is 3.06. The topological polar surface area (TPSA) is 36.6 Å². The maximum atomic E-state index is 11.0. The summed E-state index contributed by atoms with van der Waals surface area (Å²) in [5.74, 6) is 0.694. The van der Waals surface area contributed by atoms with Gasteiger partial charge >= 0.3 is 0 Å². The Bertz CT molecular complexity index is 638. The standard InChI is InChI=1S/C15H16ClNO2/c16-11-3-4-12-10(8-11)9-14(19-12)15(18)5-7-17-6-1-2-13(15)17/h3-4,8-9,13,18H,1-2,5-7H2. The Morgan fingerprint density at radius 3 is 3.11 bits per heavy atom. The molecule has 1 N–H and O–H groups in total. The van der Waals surface area contributed by atoms with Crippen LogP contribution in [-0.4, -0.2) is 29.1 Å². The molecule has 2 atom stereocenters. The van der Waals surface area contributed by atoms with Gasteiger partial charge in [0.05, 0.1) is 0 Å². The number of aliphatic hydroxyl groups is 1. The molecule has 1 aromatic carbocycles. The third kappa shape index (κ3) is 1.65. The highest BCUT2D eigenvalue weighted by atomic mass is 35.5. The summed E-state index contributed by atoms with van der Waals surface area (Å²) in [4.78, 5) is 2.38. The molecule has 0 aliphatic carbocycles. The Morgan fingerprint density at radius 2 is 2.21 bits per heavy atom. The number of fused-ring (bicyclic) bond motifs is 2. The van der Waals surface area contributed by atoms with Crippen LogP contribution in [0.4, 0.5) is 0 Å². The zero-order valence-corrected chi connectivity index (χ0v) is 11.4. The molecule has 2 fully saturated rings. The van der Waals surface area contributed by atoms with Crippen LogP contribution in [-0.2, 0) is 5.60 Å². The molecule has 0 saturated carbocycles. The smallest absolute Gasteiger partial charge is 0.139 e. The molecular formula is C15H16ClNO2. The lowest BCUT2D eigenvalue weighted by molar-refractivity contribution is -0.00880. The Hall–Kier alpha value is -1.03. The van der Waals surface area contributed by atoms with Crippen molar-refractivity contribution < 1.29 is 9.52 Å². The van der Waals surface area contributed by atoms with Gasteiger partial charge in [-0.05, 0) is 50.1 Å². The van der Waals surface area contributed by atoms with Crippen molar-refractivity contribution in [3.05, 3.63) is 35.0 Å². The highest BCUT2D eigenvalue weighted by molar-refractivity contribution is 6.31. The highest BCUT2D eigenvalue weighted by Crippen LogP contribution is 2.44. The number of rotatable bonds is 1. The van der Waals surface area contributed by atoms with E-state index in [-0.39, 0.29) is 6.04 Å². The molecule has 2 aromatic rings. The average molecular weight is 278 g/mol.